The van der Waals surface area contributed by atoms with Gasteiger partial charge in [-0.3, -0.25) is 4.79 Å². The van der Waals surface area contributed by atoms with E-state index >= 15 is 0 Å². The van der Waals surface area contributed by atoms with E-state index in [2.05, 4.69) is 17.6 Å². The van der Waals surface area contributed by atoms with E-state index in [-0.39, 0.29) is 5.91 Å². The number of rotatable bonds is 6. The molecule has 0 radical (unpaired) electrons. The number of unbranched alkanes of at least 4 members (excludes halogenated alkanes) is 2. The van der Waals surface area contributed by atoms with E-state index in [0.29, 0.717) is 11.3 Å². The fourth-order valence-electron chi connectivity index (χ4n) is 1.64. The molecule has 1 rings (SSSR count). The highest BCUT2D eigenvalue weighted by molar-refractivity contribution is 6.00. The van der Waals surface area contributed by atoms with Crippen LogP contribution < -0.4 is 16.4 Å². The predicted octanol–water partition coefficient (Wildman–Crippen LogP) is 2.23. The quantitative estimate of drug-likeness (QED) is 0.523. The molecule has 0 saturated carbocycles. The largest absolute Gasteiger partial charge is 0.399 e. The van der Waals surface area contributed by atoms with Crippen LogP contribution in [0.3, 0.4) is 0 Å². The second kappa shape index (κ2) is 6.78. The normalized spacial score (nSPS) is 10.0. The van der Waals surface area contributed by atoms with Crippen molar-refractivity contribution < 1.29 is 4.79 Å². The molecule has 0 fully saturated rings. The van der Waals surface area contributed by atoms with Crippen molar-refractivity contribution in [2.45, 2.75) is 26.2 Å². The van der Waals surface area contributed by atoms with Gasteiger partial charge in [0.15, 0.2) is 0 Å². The van der Waals surface area contributed by atoms with Crippen LogP contribution in [0.4, 0.5) is 11.4 Å². The molecule has 1 amide bonds. The summed E-state index contributed by atoms with van der Waals surface area (Å²) >= 11 is 0. The van der Waals surface area contributed by atoms with Crippen LogP contribution in [-0.2, 0) is 0 Å². The minimum atomic E-state index is -0.0945. The average molecular weight is 235 g/mol. The van der Waals surface area contributed by atoms with Crippen LogP contribution in [-0.4, -0.2) is 19.5 Å². The van der Waals surface area contributed by atoms with Crippen molar-refractivity contribution in [3.8, 4) is 0 Å². The van der Waals surface area contributed by atoms with Crippen molar-refractivity contribution in [3.05, 3.63) is 23.8 Å². The first kappa shape index (κ1) is 13.4. The molecular weight excluding hydrogens is 214 g/mol. The van der Waals surface area contributed by atoms with Gasteiger partial charge in [0.25, 0.3) is 5.91 Å². The molecule has 94 valence electrons. The highest BCUT2D eigenvalue weighted by Gasteiger charge is 2.09. The highest BCUT2D eigenvalue weighted by Crippen LogP contribution is 2.19. The number of carbonyl (C=O) groups excluding carboxylic acids is 1. The molecule has 0 aliphatic heterocycles. The zero-order chi connectivity index (χ0) is 12.7. The monoisotopic (exact) mass is 235 g/mol. The maximum atomic E-state index is 11.6. The number of nitrogens with one attached hydrogen (secondary N) is 2. The summed E-state index contributed by atoms with van der Waals surface area (Å²) in [7, 11) is 1.62. The second-order valence-corrected chi connectivity index (χ2v) is 4.02. The van der Waals surface area contributed by atoms with Gasteiger partial charge in [-0.05, 0) is 24.6 Å². The van der Waals surface area contributed by atoms with E-state index in [9.17, 15) is 4.79 Å². The minimum Gasteiger partial charge on any atom is -0.399 e. The number of amides is 1. The van der Waals surface area contributed by atoms with Gasteiger partial charge < -0.3 is 16.4 Å². The first-order valence-electron chi connectivity index (χ1n) is 6.04. The Bertz CT molecular complexity index is 377. The van der Waals surface area contributed by atoms with Crippen LogP contribution in [0.25, 0.3) is 0 Å². The lowest BCUT2D eigenvalue weighted by atomic mass is 10.1. The third-order valence-corrected chi connectivity index (χ3v) is 2.61. The first-order valence-corrected chi connectivity index (χ1v) is 6.04. The molecule has 0 aliphatic rings. The molecular formula is C13H21N3O. The Morgan fingerprint density at radius 3 is 2.76 bits per heavy atom. The van der Waals surface area contributed by atoms with E-state index < -0.39 is 0 Å². The molecule has 1 aromatic carbocycles. The van der Waals surface area contributed by atoms with Crippen molar-refractivity contribution >= 4 is 17.3 Å². The number of hydrogen-bond donors (Lipinski definition) is 3. The van der Waals surface area contributed by atoms with E-state index in [1.54, 1.807) is 25.2 Å². The third-order valence-electron chi connectivity index (χ3n) is 2.61. The molecule has 0 aromatic heterocycles. The smallest absolute Gasteiger partial charge is 0.253 e. The lowest BCUT2D eigenvalue weighted by Crippen LogP contribution is -2.20. The van der Waals surface area contributed by atoms with Gasteiger partial charge in [-0.15, -0.1) is 0 Å². The summed E-state index contributed by atoms with van der Waals surface area (Å²) in [5.74, 6) is -0.0945. The second-order valence-electron chi connectivity index (χ2n) is 4.02. The van der Waals surface area contributed by atoms with Crippen LogP contribution >= 0.6 is 0 Å². The molecule has 1 aromatic rings. The predicted molar refractivity (Wildman–Crippen MR) is 72.3 cm³/mol. The summed E-state index contributed by atoms with van der Waals surface area (Å²) < 4.78 is 0. The third kappa shape index (κ3) is 3.98. The minimum absolute atomic E-state index is 0.0945. The van der Waals surface area contributed by atoms with Gasteiger partial charge in [0.1, 0.15) is 0 Å². The van der Waals surface area contributed by atoms with Crippen LogP contribution in [0.1, 0.15) is 36.5 Å². The van der Waals surface area contributed by atoms with Gasteiger partial charge in [-0.25, -0.2) is 0 Å². The molecule has 0 heterocycles. The van der Waals surface area contributed by atoms with Crippen molar-refractivity contribution in [3.63, 3.8) is 0 Å². The van der Waals surface area contributed by atoms with Gasteiger partial charge in [-0.1, -0.05) is 19.8 Å². The van der Waals surface area contributed by atoms with Crippen LogP contribution in [0.15, 0.2) is 18.2 Å². The Morgan fingerprint density at radius 2 is 2.12 bits per heavy atom. The molecule has 0 spiro atoms. The maximum absolute atomic E-state index is 11.6. The molecule has 0 unspecified atom stereocenters. The lowest BCUT2D eigenvalue weighted by molar-refractivity contribution is 0.0964. The highest BCUT2D eigenvalue weighted by atomic mass is 16.1. The Kier molecular flexibility index (Phi) is 5.33. The van der Waals surface area contributed by atoms with Gasteiger partial charge in [0.05, 0.1) is 5.56 Å². The van der Waals surface area contributed by atoms with Crippen molar-refractivity contribution in [2.24, 2.45) is 0 Å². The Hall–Kier alpha value is -1.71. The van der Waals surface area contributed by atoms with Gasteiger partial charge in [0.2, 0.25) is 0 Å². The number of hydrogen-bond acceptors (Lipinski definition) is 3. The number of nitrogen functional groups attached to an aromatic ring is 1. The van der Waals surface area contributed by atoms with Gasteiger partial charge in [0, 0.05) is 25.0 Å². The van der Waals surface area contributed by atoms with Crippen LogP contribution in [0, 0.1) is 0 Å². The molecule has 17 heavy (non-hydrogen) atoms. The van der Waals surface area contributed by atoms with Gasteiger partial charge in [-0.2, -0.15) is 0 Å². The molecule has 4 heteroatoms. The molecule has 4 nitrogen and oxygen atoms in total. The summed E-state index contributed by atoms with van der Waals surface area (Å²) in [6.07, 6.45) is 3.46. The zero-order valence-electron chi connectivity index (χ0n) is 10.5. The summed E-state index contributed by atoms with van der Waals surface area (Å²) in [4.78, 5) is 11.6. The number of benzene rings is 1. The molecule has 4 N–H and O–H groups in total. The van der Waals surface area contributed by atoms with E-state index in [1.165, 1.54) is 12.8 Å². The Balaban J connectivity index is 2.73. The summed E-state index contributed by atoms with van der Waals surface area (Å²) in [6, 6.07) is 5.29. The molecule has 0 bridgehead atoms. The Morgan fingerprint density at radius 1 is 1.35 bits per heavy atom. The summed E-state index contributed by atoms with van der Waals surface area (Å²) in [5, 5.41) is 5.89. The Labute approximate surface area is 103 Å². The van der Waals surface area contributed by atoms with E-state index in [0.717, 1.165) is 18.7 Å². The van der Waals surface area contributed by atoms with E-state index in [1.807, 2.05) is 0 Å². The molecule has 0 atom stereocenters. The summed E-state index contributed by atoms with van der Waals surface area (Å²) in [5.41, 5.74) is 7.83. The fraction of sp³-hybridized carbons (Fsp3) is 0.462. The van der Waals surface area contributed by atoms with Gasteiger partial charge >= 0.3 is 0 Å². The standard InChI is InChI=1S/C13H21N3O/c1-3-4-5-8-16-12-9-10(14)6-7-11(12)13(17)15-2/h6-7,9,16H,3-5,8,14H2,1-2H3,(H,15,17). The van der Waals surface area contributed by atoms with Crippen molar-refractivity contribution in [1.82, 2.24) is 5.32 Å². The first-order chi connectivity index (χ1) is 8.19. The molecule has 0 saturated heterocycles. The fourth-order valence-corrected chi connectivity index (χ4v) is 1.64. The topological polar surface area (TPSA) is 67.1 Å². The van der Waals surface area contributed by atoms with Crippen LogP contribution in [0.2, 0.25) is 0 Å². The SMILES string of the molecule is CCCCCNc1cc(N)ccc1C(=O)NC. The lowest BCUT2D eigenvalue weighted by Gasteiger charge is -2.11. The number of nitrogens with two attached hydrogens (primary N) is 1. The van der Waals surface area contributed by atoms with Crippen molar-refractivity contribution in [2.75, 3.05) is 24.6 Å². The van der Waals surface area contributed by atoms with Crippen LogP contribution in [0.5, 0.6) is 0 Å². The maximum Gasteiger partial charge on any atom is 0.253 e. The average Bonchev–Trinajstić information content (AvgIpc) is 2.34. The van der Waals surface area contributed by atoms with Crippen molar-refractivity contribution in [1.29, 1.82) is 0 Å². The number of carbonyl (C=O) groups is 1. The zero-order valence-corrected chi connectivity index (χ0v) is 10.5. The summed E-state index contributed by atoms with van der Waals surface area (Å²) in [6.45, 7) is 3.03. The van der Waals surface area contributed by atoms with E-state index in [4.69, 9.17) is 5.73 Å². The molecule has 0 aliphatic carbocycles. The number of anilines is 2.